The summed E-state index contributed by atoms with van der Waals surface area (Å²) in [5.74, 6) is 0. The van der Waals surface area contributed by atoms with Crippen LogP contribution in [0.3, 0.4) is 0 Å². The van der Waals surface area contributed by atoms with E-state index in [1.807, 2.05) is 0 Å². The third-order valence-electron chi connectivity index (χ3n) is 2.21. The second-order valence-corrected chi connectivity index (χ2v) is 5.90. The van der Waals surface area contributed by atoms with Crippen molar-refractivity contribution in [1.82, 2.24) is 0 Å². The smallest absolute Gasteiger partial charge is 0.0731 e. The van der Waals surface area contributed by atoms with E-state index in [0.29, 0.717) is 0 Å². The molecule has 2 nitrogen and oxygen atoms in total. The standard InChI is InChI=1S/C10H17BrN2S.ClH/c1-7-6-9(14-10(7)11)8(13)4-2-3-5-12;/h6,8H,2-5,12-13H2,1H3;1H/t8-;/m1./s1. The zero-order valence-corrected chi connectivity index (χ0v) is 12.1. The van der Waals surface area contributed by atoms with Gasteiger partial charge in [0.2, 0.25) is 0 Å². The van der Waals surface area contributed by atoms with Gasteiger partial charge in [0.15, 0.2) is 0 Å². The number of unbranched alkanes of at least 4 members (excludes halogenated alkanes) is 1. The van der Waals surface area contributed by atoms with Gasteiger partial charge in [0.25, 0.3) is 0 Å². The van der Waals surface area contributed by atoms with Crippen molar-refractivity contribution in [2.75, 3.05) is 6.54 Å². The molecule has 1 aromatic rings. The van der Waals surface area contributed by atoms with Crippen LogP contribution in [0.4, 0.5) is 0 Å². The molecule has 88 valence electrons. The van der Waals surface area contributed by atoms with Crippen molar-refractivity contribution in [3.8, 4) is 0 Å². The second-order valence-electron chi connectivity index (χ2n) is 3.50. The van der Waals surface area contributed by atoms with Gasteiger partial charge in [0, 0.05) is 10.9 Å². The van der Waals surface area contributed by atoms with Gasteiger partial charge in [0.05, 0.1) is 3.79 Å². The highest BCUT2D eigenvalue weighted by molar-refractivity contribution is 9.11. The molecule has 1 aromatic heterocycles. The summed E-state index contributed by atoms with van der Waals surface area (Å²) in [4.78, 5) is 1.27. The zero-order valence-electron chi connectivity index (χ0n) is 8.83. The van der Waals surface area contributed by atoms with Crippen molar-refractivity contribution in [2.24, 2.45) is 11.5 Å². The van der Waals surface area contributed by atoms with E-state index in [1.54, 1.807) is 11.3 Å². The molecule has 0 aliphatic heterocycles. The topological polar surface area (TPSA) is 52.0 Å². The van der Waals surface area contributed by atoms with E-state index in [1.165, 1.54) is 14.2 Å². The number of hydrogen-bond acceptors (Lipinski definition) is 3. The molecule has 0 saturated heterocycles. The summed E-state index contributed by atoms with van der Waals surface area (Å²) in [5.41, 5.74) is 12.8. The Morgan fingerprint density at radius 3 is 2.60 bits per heavy atom. The summed E-state index contributed by atoms with van der Waals surface area (Å²) in [6.45, 7) is 2.86. The van der Waals surface area contributed by atoms with Crippen LogP contribution in [0.15, 0.2) is 9.85 Å². The molecule has 0 aliphatic rings. The predicted molar refractivity (Wildman–Crippen MR) is 73.8 cm³/mol. The van der Waals surface area contributed by atoms with Crippen LogP contribution in [0.2, 0.25) is 0 Å². The minimum atomic E-state index is 0. The Hall–Kier alpha value is 0.390. The van der Waals surface area contributed by atoms with Gasteiger partial charge < -0.3 is 11.5 Å². The van der Waals surface area contributed by atoms with Gasteiger partial charge in [0.1, 0.15) is 0 Å². The van der Waals surface area contributed by atoms with Crippen molar-refractivity contribution >= 4 is 39.7 Å². The molecule has 0 aromatic carbocycles. The first-order valence-electron chi connectivity index (χ1n) is 4.86. The van der Waals surface area contributed by atoms with E-state index >= 15 is 0 Å². The monoisotopic (exact) mass is 312 g/mol. The Labute approximate surface area is 110 Å². The molecule has 0 spiro atoms. The fraction of sp³-hybridized carbons (Fsp3) is 0.600. The summed E-state index contributed by atoms with van der Waals surface area (Å²) in [7, 11) is 0. The number of hydrogen-bond donors (Lipinski definition) is 2. The maximum absolute atomic E-state index is 6.07. The number of nitrogens with two attached hydrogens (primary N) is 2. The lowest BCUT2D eigenvalue weighted by atomic mass is 10.1. The molecule has 0 fully saturated rings. The van der Waals surface area contributed by atoms with Gasteiger partial charge in [-0.1, -0.05) is 6.42 Å². The molecular weight excluding hydrogens is 296 g/mol. The molecule has 1 rings (SSSR count). The summed E-state index contributed by atoms with van der Waals surface area (Å²) in [6.07, 6.45) is 3.22. The van der Waals surface area contributed by atoms with Gasteiger partial charge in [-0.15, -0.1) is 23.7 Å². The molecule has 5 heteroatoms. The Morgan fingerprint density at radius 2 is 2.13 bits per heavy atom. The van der Waals surface area contributed by atoms with E-state index in [-0.39, 0.29) is 18.4 Å². The lowest BCUT2D eigenvalue weighted by Gasteiger charge is -2.07. The zero-order chi connectivity index (χ0) is 10.6. The molecule has 0 unspecified atom stereocenters. The predicted octanol–water partition coefficient (Wildman–Crippen LogP) is 3.37. The highest BCUT2D eigenvalue weighted by Gasteiger charge is 2.10. The number of aryl methyl sites for hydroxylation is 1. The number of halogens is 2. The van der Waals surface area contributed by atoms with E-state index in [4.69, 9.17) is 11.5 Å². The average Bonchev–Trinajstić information content (AvgIpc) is 2.47. The number of thiophene rings is 1. The fourth-order valence-electron chi connectivity index (χ4n) is 1.32. The second kappa shape index (κ2) is 7.63. The van der Waals surface area contributed by atoms with E-state index in [0.717, 1.165) is 25.8 Å². The third-order valence-corrected chi connectivity index (χ3v) is 4.48. The molecule has 0 amide bonds. The van der Waals surface area contributed by atoms with Gasteiger partial charge >= 0.3 is 0 Å². The summed E-state index contributed by atoms with van der Waals surface area (Å²) in [5, 5.41) is 0. The van der Waals surface area contributed by atoms with Gasteiger partial charge in [-0.05, 0) is 53.9 Å². The summed E-state index contributed by atoms with van der Waals surface area (Å²) in [6, 6.07) is 2.35. The molecule has 4 N–H and O–H groups in total. The quantitative estimate of drug-likeness (QED) is 0.819. The van der Waals surface area contributed by atoms with Gasteiger partial charge in [-0.2, -0.15) is 0 Å². The first-order chi connectivity index (χ1) is 6.65. The van der Waals surface area contributed by atoms with Crippen molar-refractivity contribution in [2.45, 2.75) is 32.2 Å². The normalized spacial score (nSPS) is 12.3. The fourth-order valence-corrected chi connectivity index (χ4v) is 2.92. The SMILES string of the molecule is Cc1cc([C@H](N)CCCCN)sc1Br.Cl. The molecule has 1 heterocycles. The van der Waals surface area contributed by atoms with Crippen molar-refractivity contribution in [3.05, 3.63) is 20.3 Å². The molecule has 0 saturated carbocycles. The van der Waals surface area contributed by atoms with Crippen molar-refractivity contribution < 1.29 is 0 Å². The molecule has 0 bridgehead atoms. The highest BCUT2D eigenvalue weighted by atomic mass is 79.9. The van der Waals surface area contributed by atoms with Crippen LogP contribution < -0.4 is 11.5 Å². The van der Waals surface area contributed by atoms with Crippen LogP contribution in [0, 0.1) is 6.92 Å². The van der Waals surface area contributed by atoms with Crippen LogP contribution in [-0.2, 0) is 0 Å². The Balaban J connectivity index is 0.00000196. The van der Waals surface area contributed by atoms with E-state index < -0.39 is 0 Å². The van der Waals surface area contributed by atoms with E-state index in [9.17, 15) is 0 Å². The maximum atomic E-state index is 6.07. The number of rotatable bonds is 5. The van der Waals surface area contributed by atoms with Gasteiger partial charge in [-0.3, -0.25) is 0 Å². The molecule has 0 radical (unpaired) electrons. The molecule has 15 heavy (non-hydrogen) atoms. The Morgan fingerprint density at radius 1 is 1.47 bits per heavy atom. The van der Waals surface area contributed by atoms with Crippen LogP contribution in [0.25, 0.3) is 0 Å². The first kappa shape index (κ1) is 15.4. The van der Waals surface area contributed by atoms with E-state index in [2.05, 4.69) is 28.9 Å². The van der Waals surface area contributed by atoms with Crippen LogP contribution in [0.5, 0.6) is 0 Å². The van der Waals surface area contributed by atoms with Crippen LogP contribution in [0.1, 0.15) is 35.7 Å². The molecule has 1 atom stereocenters. The van der Waals surface area contributed by atoms with Crippen LogP contribution >= 0.6 is 39.7 Å². The Bertz CT molecular complexity index is 271. The lowest BCUT2D eigenvalue weighted by molar-refractivity contribution is 0.598. The minimum Gasteiger partial charge on any atom is -0.330 e. The molecular formula is C10H18BrClN2S. The highest BCUT2D eigenvalue weighted by Crippen LogP contribution is 2.32. The maximum Gasteiger partial charge on any atom is 0.0731 e. The van der Waals surface area contributed by atoms with Crippen LogP contribution in [-0.4, -0.2) is 6.54 Å². The summed E-state index contributed by atoms with van der Waals surface area (Å²) < 4.78 is 1.20. The van der Waals surface area contributed by atoms with Crippen molar-refractivity contribution in [1.29, 1.82) is 0 Å². The largest absolute Gasteiger partial charge is 0.330 e. The van der Waals surface area contributed by atoms with Crippen molar-refractivity contribution in [3.63, 3.8) is 0 Å². The minimum absolute atomic E-state index is 0. The molecule has 0 aliphatic carbocycles. The Kier molecular flexibility index (Phi) is 7.83. The van der Waals surface area contributed by atoms with Gasteiger partial charge in [-0.25, -0.2) is 0 Å². The third kappa shape index (κ3) is 4.83. The lowest BCUT2D eigenvalue weighted by Crippen LogP contribution is -2.09. The average molecular weight is 314 g/mol. The summed E-state index contributed by atoms with van der Waals surface area (Å²) >= 11 is 5.25. The first-order valence-corrected chi connectivity index (χ1v) is 6.47.